The third-order valence-corrected chi connectivity index (χ3v) is 5.31. The Morgan fingerprint density at radius 3 is 2.55 bits per heavy atom. The molecular formula is C22H27N5OS. The zero-order valence-corrected chi connectivity index (χ0v) is 18.6. The van der Waals surface area contributed by atoms with E-state index in [2.05, 4.69) is 26.4 Å². The molecule has 0 radical (unpaired) electrons. The molecule has 0 saturated carbocycles. The molecule has 0 saturated heterocycles. The second-order valence-corrected chi connectivity index (χ2v) is 8.24. The molecule has 0 spiro atoms. The summed E-state index contributed by atoms with van der Waals surface area (Å²) in [5, 5.41) is 8.22. The number of thioether (sulfide) groups is 1. The predicted octanol–water partition coefficient (Wildman–Crippen LogP) is 4.74. The molecule has 152 valence electrons. The van der Waals surface area contributed by atoms with Crippen LogP contribution in [0.15, 0.2) is 35.4 Å². The molecule has 0 aliphatic carbocycles. The average molecular weight is 410 g/mol. The number of nitrogens with zero attached hydrogens (tertiary/aromatic N) is 4. The summed E-state index contributed by atoms with van der Waals surface area (Å²) in [6, 6.07) is 9.90. The van der Waals surface area contributed by atoms with Gasteiger partial charge in [0.25, 0.3) is 5.91 Å². The number of carbonyl (C=O) groups excluding carboxylic acids is 1. The number of amides is 1. The highest BCUT2D eigenvalue weighted by atomic mass is 32.2. The number of aryl methyl sites for hydroxylation is 3. The molecule has 3 rings (SSSR count). The molecule has 0 aliphatic rings. The zero-order chi connectivity index (χ0) is 21.1. The monoisotopic (exact) mass is 409 g/mol. The van der Waals surface area contributed by atoms with Crippen LogP contribution in [-0.2, 0) is 6.54 Å². The van der Waals surface area contributed by atoms with Gasteiger partial charge in [-0.3, -0.25) is 9.48 Å². The first-order valence-corrected chi connectivity index (χ1v) is 10.8. The summed E-state index contributed by atoms with van der Waals surface area (Å²) in [5.74, 6) is 0.781. The Bertz CT molecular complexity index is 1040. The number of hydrogen-bond donors (Lipinski definition) is 1. The molecule has 1 N–H and O–H groups in total. The lowest BCUT2D eigenvalue weighted by Crippen LogP contribution is -2.18. The van der Waals surface area contributed by atoms with Gasteiger partial charge in [-0.25, -0.2) is 9.97 Å². The summed E-state index contributed by atoms with van der Waals surface area (Å²) in [6.07, 6.45) is 1.93. The second-order valence-electron chi connectivity index (χ2n) is 7.45. The van der Waals surface area contributed by atoms with Crippen molar-refractivity contribution in [3.8, 4) is 0 Å². The van der Waals surface area contributed by atoms with E-state index in [0.717, 1.165) is 28.5 Å². The van der Waals surface area contributed by atoms with Gasteiger partial charge in [0, 0.05) is 17.3 Å². The Hall–Kier alpha value is -2.67. The fourth-order valence-electron chi connectivity index (χ4n) is 3.18. The minimum Gasteiger partial charge on any atom is -0.322 e. The van der Waals surface area contributed by atoms with E-state index in [1.807, 2.05) is 69.8 Å². The van der Waals surface area contributed by atoms with E-state index in [9.17, 15) is 4.79 Å². The molecule has 6 nitrogen and oxygen atoms in total. The molecule has 1 aromatic carbocycles. The minimum atomic E-state index is -0.189. The second kappa shape index (κ2) is 8.78. The molecule has 1 amide bonds. The fourth-order valence-corrected chi connectivity index (χ4v) is 3.81. The number of rotatable bonds is 6. The number of aromatic nitrogens is 4. The van der Waals surface area contributed by atoms with Crippen LogP contribution in [0.25, 0.3) is 0 Å². The maximum atomic E-state index is 13.0. The van der Waals surface area contributed by atoms with Crippen molar-refractivity contribution >= 4 is 23.4 Å². The molecule has 2 aromatic heterocycles. The lowest BCUT2D eigenvalue weighted by Gasteiger charge is -2.14. The molecule has 2 heterocycles. The van der Waals surface area contributed by atoms with E-state index in [0.29, 0.717) is 22.8 Å². The highest BCUT2D eigenvalue weighted by Gasteiger charge is 2.19. The Morgan fingerprint density at radius 1 is 1.17 bits per heavy atom. The van der Waals surface area contributed by atoms with Crippen molar-refractivity contribution in [1.29, 1.82) is 0 Å². The third kappa shape index (κ3) is 4.85. The predicted molar refractivity (Wildman–Crippen MR) is 118 cm³/mol. The number of nitrogens with one attached hydrogen (secondary N) is 1. The lowest BCUT2D eigenvalue weighted by molar-refractivity contribution is 0.102. The molecule has 7 heteroatoms. The smallest absolute Gasteiger partial charge is 0.260 e. The summed E-state index contributed by atoms with van der Waals surface area (Å²) >= 11 is 1.47. The normalized spacial score (nSPS) is 11.1. The molecule has 0 unspecified atom stereocenters. The number of carbonyl (C=O) groups is 1. The Labute approximate surface area is 176 Å². The van der Waals surface area contributed by atoms with Crippen LogP contribution in [-0.4, -0.2) is 31.9 Å². The van der Waals surface area contributed by atoms with Crippen molar-refractivity contribution in [3.05, 3.63) is 64.4 Å². The van der Waals surface area contributed by atoms with Gasteiger partial charge in [0.2, 0.25) is 0 Å². The molecule has 29 heavy (non-hydrogen) atoms. The van der Waals surface area contributed by atoms with Crippen molar-refractivity contribution in [3.63, 3.8) is 0 Å². The maximum Gasteiger partial charge on any atom is 0.260 e. The topological polar surface area (TPSA) is 72.7 Å². The Morgan fingerprint density at radius 2 is 1.93 bits per heavy atom. The van der Waals surface area contributed by atoms with E-state index >= 15 is 0 Å². The molecule has 0 bridgehead atoms. The van der Waals surface area contributed by atoms with Crippen LogP contribution in [0, 0.1) is 20.8 Å². The van der Waals surface area contributed by atoms with Gasteiger partial charge >= 0.3 is 0 Å². The van der Waals surface area contributed by atoms with Gasteiger partial charge in [0.05, 0.1) is 23.5 Å². The largest absolute Gasteiger partial charge is 0.322 e. The van der Waals surface area contributed by atoms with Gasteiger partial charge in [-0.1, -0.05) is 26.0 Å². The first-order valence-electron chi connectivity index (χ1n) is 9.62. The number of hydrogen-bond acceptors (Lipinski definition) is 5. The average Bonchev–Trinajstić information content (AvgIpc) is 2.97. The fraction of sp³-hybridized carbons (Fsp3) is 0.364. The van der Waals surface area contributed by atoms with Crippen molar-refractivity contribution in [2.75, 3.05) is 11.6 Å². The van der Waals surface area contributed by atoms with Crippen LogP contribution in [0.3, 0.4) is 0 Å². The van der Waals surface area contributed by atoms with Gasteiger partial charge in [-0.05, 0) is 50.8 Å². The lowest BCUT2D eigenvalue weighted by atomic mass is 10.1. The molecule has 0 atom stereocenters. The highest BCUT2D eigenvalue weighted by molar-refractivity contribution is 7.98. The third-order valence-electron chi connectivity index (χ3n) is 4.63. The first-order chi connectivity index (χ1) is 13.8. The minimum absolute atomic E-state index is 0.189. The molecule has 0 fully saturated rings. The number of benzene rings is 1. The van der Waals surface area contributed by atoms with Crippen LogP contribution in [0.5, 0.6) is 0 Å². The van der Waals surface area contributed by atoms with Gasteiger partial charge in [0.15, 0.2) is 0 Å². The van der Waals surface area contributed by atoms with Crippen molar-refractivity contribution < 1.29 is 4.79 Å². The highest BCUT2D eigenvalue weighted by Crippen LogP contribution is 2.24. The van der Waals surface area contributed by atoms with Gasteiger partial charge in [-0.2, -0.15) is 5.10 Å². The first kappa shape index (κ1) is 21.0. The van der Waals surface area contributed by atoms with Crippen LogP contribution in [0.4, 0.5) is 5.69 Å². The van der Waals surface area contributed by atoms with E-state index in [1.54, 1.807) is 0 Å². The van der Waals surface area contributed by atoms with Crippen LogP contribution >= 0.6 is 11.8 Å². The van der Waals surface area contributed by atoms with Crippen LogP contribution < -0.4 is 5.32 Å². The van der Waals surface area contributed by atoms with Crippen molar-refractivity contribution in [1.82, 2.24) is 19.7 Å². The zero-order valence-electron chi connectivity index (χ0n) is 17.8. The maximum absolute atomic E-state index is 13.0. The van der Waals surface area contributed by atoms with Crippen LogP contribution in [0.2, 0.25) is 0 Å². The molecular weight excluding hydrogens is 382 g/mol. The van der Waals surface area contributed by atoms with Gasteiger partial charge < -0.3 is 5.32 Å². The number of anilines is 1. The van der Waals surface area contributed by atoms with Crippen molar-refractivity contribution in [2.24, 2.45) is 0 Å². The summed E-state index contributed by atoms with van der Waals surface area (Å²) in [4.78, 5) is 22.1. The summed E-state index contributed by atoms with van der Waals surface area (Å²) in [7, 11) is 0. The molecule has 3 aromatic rings. The van der Waals surface area contributed by atoms with Crippen molar-refractivity contribution in [2.45, 2.75) is 52.1 Å². The SMILES string of the molecule is CSc1nc(C(C)C)nc(C)c1C(=O)Nc1cccc(Cn2nc(C)cc2C)c1. The summed E-state index contributed by atoms with van der Waals surface area (Å²) in [6.45, 7) is 10.6. The van der Waals surface area contributed by atoms with E-state index < -0.39 is 0 Å². The summed E-state index contributed by atoms with van der Waals surface area (Å²) in [5.41, 5.74) is 5.15. The Kier molecular flexibility index (Phi) is 6.37. The van der Waals surface area contributed by atoms with Gasteiger partial charge in [0.1, 0.15) is 10.9 Å². The Balaban J connectivity index is 1.83. The van der Waals surface area contributed by atoms with E-state index in [-0.39, 0.29) is 11.8 Å². The summed E-state index contributed by atoms with van der Waals surface area (Å²) < 4.78 is 1.96. The van der Waals surface area contributed by atoms with E-state index in [1.165, 1.54) is 11.8 Å². The standard InChI is InChI=1S/C22H27N5OS/c1-13(2)20-23-16(5)19(22(25-20)29-6)21(28)24-18-9-7-8-17(11-18)12-27-15(4)10-14(3)26-27/h7-11,13H,12H2,1-6H3,(H,24,28). The van der Waals surface area contributed by atoms with Gasteiger partial charge in [-0.15, -0.1) is 11.8 Å². The van der Waals surface area contributed by atoms with E-state index in [4.69, 9.17) is 0 Å². The molecule has 0 aliphatic heterocycles. The van der Waals surface area contributed by atoms with Crippen LogP contribution in [0.1, 0.15) is 58.6 Å². The quantitative estimate of drug-likeness (QED) is 0.470.